The Balaban J connectivity index is 2.51. The minimum absolute atomic E-state index is 0.966. The van der Waals surface area contributed by atoms with Crippen molar-refractivity contribution in [1.82, 2.24) is 15.0 Å². The molecule has 0 spiro atoms. The molecule has 0 fully saturated rings. The molecule has 0 radical (unpaired) electrons. The van der Waals surface area contributed by atoms with Crippen LogP contribution < -0.4 is 0 Å². The number of H-pyrrole nitrogens is 2. The summed E-state index contributed by atoms with van der Waals surface area (Å²) in [6.07, 6.45) is 1.06. The van der Waals surface area contributed by atoms with E-state index in [4.69, 9.17) is 0 Å². The zero-order chi connectivity index (χ0) is 11.3. The number of aromatic nitrogens is 3. The first-order valence-corrected chi connectivity index (χ1v) is 5.67. The summed E-state index contributed by atoms with van der Waals surface area (Å²) in [7, 11) is 0. The Labute approximate surface area is 93.9 Å². The fourth-order valence-corrected chi connectivity index (χ4v) is 2.50. The van der Waals surface area contributed by atoms with Gasteiger partial charge in [-0.2, -0.15) is 0 Å². The maximum absolute atomic E-state index is 4.54. The number of aryl methyl sites for hydroxylation is 3. The molecule has 2 aromatic heterocycles. The number of nitrogens with zero attached hydrogens (tertiary/aromatic N) is 1. The van der Waals surface area contributed by atoms with E-state index in [1.54, 1.807) is 0 Å². The van der Waals surface area contributed by atoms with Crippen LogP contribution in [0.2, 0.25) is 0 Å². The lowest BCUT2D eigenvalue weighted by Gasteiger charge is -1.95. The standard InChI is InChI=1S/C13H15N3/c1-4-9-7(2)14-12-10(9)5-6-11-13(12)16-8(3)15-11/h5-6,14H,4H2,1-3H3,(H,15,16). The fraction of sp³-hybridized carbons (Fsp3) is 0.308. The molecule has 3 nitrogen and oxygen atoms in total. The Morgan fingerprint density at radius 2 is 2.00 bits per heavy atom. The summed E-state index contributed by atoms with van der Waals surface area (Å²) in [4.78, 5) is 11.3. The first-order chi connectivity index (χ1) is 7.70. The number of benzene rings is 1. The molecule has 0 atom stereocenters. The van der Waals surface area contributed by atoms with Gasteiger partial charge in [0.1, 0.15) is 11.3 Å². The Morgan fingerprint density at radius 3 is 2.75 bits per heavy atom. The van der Waals surface area contributed by atoms with Gasteiger partial charge in [-0.05, 0) is 31.9 Å². The Bertz CT molecular complexity index is 673. The van der Waals surface area contributed by atoms with Gasteiger partial charge in [-0.3, -0.25) is 0 Å². The Hall–Kier alpha value is -1.77. The molecule has 0 unspecified atom stereocenters. The number of nitrogens with one attached hydrogen (secondary N) is 2. The zero-order valence-electron chi connectivity index (χ0n) is 9.81. The van der Waals surface area contributed by atoms with E-state index >= 15 is 0 Å². The molecule has 3 heteroatoms. The molecule has 2 N–H and O–H groups in total. The van der Waals surface area contributed by atoms with Crippen LogP contribution in [0.3, 0.4) is 0 Å². The zero-order valence-corrected chi connectivity index (χ0v) is 9.81. The van der Waals surface area contributed by atoms with Crippen LogP contribution in [0.15, 0.2) is 12.1 Å². The van der Waals surface area contributed by atoms with E-state index in [1.165, 1.54) is 16.6 Å². The summed E-state index contributed by atoms with van der Waals surface area (Å²) in [5.41, 5.74) is 5.98. The lowest BCUT2D eigenvalue weighted by atomic mass is 10.1. The summed E-state index contributed by atoms with van der Waals surface area (Å²) >= 11 is 0. The Kier molecular flexibility index (Phi) is 1.84. The largest absolute Gasteiger partial charge is 0.357 e. The van der Waals surface area contributed by atoms with E-state index in [1.807, 2.05) is 6.92 Å². The minimum atomic E-state index is 0.966. The van der Waals surface area contributed by atoms with Crippen LogP contribution in [-0.2, 0) is 6.42 Å². The van der Waals surface area contributed by atoms with Crippen LogP contribution in [0.4, 0.5) is 0 Å². The van der Waals surface area contributed by atoms with Gasteiger partial charge in [-0.1, -0.05) is 13.0 Å². The number of hydrogen-bond acceptors (Lipinski definition) is 1. The van der Waals surface area contributed by atoms with E-state index in [2.05, 4.69) is 40.9 Å². The van der Waals surface area contributed by atoms with Gasteiger partial charge in [0.15, 0.2) is 0 Å². The second kappa shape index (κ2) is 3.11. The van der Waals surface area contributed by atoms with Crippen LogP contribution in [0.5, 0.6) is 0 Å². The molecule has 3 aromatic rings. The van der Waals surface area contributed by atoms with Gasteiger partial charge >= 0.3 is 0 Å². The molecular weight excluding hydrogens is 198 g/mol. The molecule has 16 heavy (non-hydrogen) atoms. The molecule has 0 aliphatic rings. The summed E-state index contributed by atoms with van der Waals surface area (Å²) in [5.74, 6) is 0.966. The van der Waals surface area contributed by atoms with Gasteiger partial charge in [0.2, 0.25) is 0 Å². The smallest absolute Gasteiger partial charge is 0.113 e. The molecule has 0 saturated heterocycles. The quantitative estimate of drug-likeness (QED) is 0.640. The van der Waals surface area contributed by atoms with E-state index in [-0.39, 0.29) is 0 Å². The molecule has 0 amide bonds. The third kappa shape index (κ3) is 1.11. The van der Waals surface area contributed by atoms with Gasteiger partial charge < -0.3 is 9.97 Å². The summed E-state index contributed by atoms with van der Waals surface area (Å²) in [5, 5.41) is 1.30. The van der Waals surface area contributed by atoms with E-state index < -0.39 is 0 Å². The average Bonchev–Trinajstić information content (AvgIpc) is 2.76. The first kappa shape index (κ1) is 9.46. The monoisotopic (exact) mass is 213 g/mol. The molecular formula is C13H15N3. The molecule has 0 bridgehead atoms. The van der Waals surface area contributed by atoms with Gasteiger partial charge in [-0.15, -0.1) is 0 Å². The van der Waals surface area contributed by atoms with Crippen molar-refractivity contribution in [1.29, 1.82) is 0 Å². The first-order valence-electron chi connectivity index (χ1n) is 5.67. The van der Waals surface area contributed by atoms with E-state index in [9.17, 15) is 0 Å². The SMILES string of the molecule is CCc1c(C)[nH]c2c1ccc1[nH]c(C)nc12. The molecule has 2 heterocycles. The number of fused-ring (bicyclic) bond motifs is 3. The van der Waals surface area contributed by atoms with Crippen molar-refractivity contribution in [3.8, 4) is 0 Å². The van der Waals surface area contributed by atoms with Crippen molar-refractivity contribution in [3.05, 3.63) is 29.2 Å². The summed E-state index contributed by atoms with van der Waals surface area (Å²) in [6.45, 7) is 6.31. The highest BCUT2D eigenvalue weighted by atomic mass is 14.9. The van der Waals surface area contributed by atoms with Crippen molar-refractivity contribution in [2.24, 2.45) is 0 Å². The van der Waals surface area contributed by atoms with Crippen molar-refractivity contribution >= 4 is 21.9 Å². The number of aromatic amines is 2. The van der Waals surface area contributed by atoms with Crippen molar-refractivity contribution in [3.63, 3.8) is 0 Å². The topological polar surface area (TPSA) is 44.5 Å². The molecule has 0 aliphatic heterocycles. The maximum atomic E-state index is 4.54. The molecule has 82 valence electrons. The maximum Gasteiger partial charge on any atom is 0.113 e. The van der Waals surface area contributed by atoms with Gasteiger partial charge in [0, 0.05) is 11.1 Å². The van der Waals surface area contributed by atoms with Crippen LogP contribution in [-0.4, -0.2) is 15.0 Å². The number of rotatable bonds is 1. The average molecular weight is 213 g/mol. The second-order valence-corrected chi connectivity index (χ2v) is 4.29. The third-order valence-electron chi connectivity index (χ3n) is 3.22. The summed E-state index contributed by atoms with van der Waals surface area (Å²) in [6, 6.07) is 4.29. The van der Waals surface area contributed by atoms with Gasteiger partial charge in [0.05, 0.1) is 11.0 Å². The minimum Gasteiger partial charge on any atom is -0.357 e. The third-order valence-corrected chi connectivity index (χ3v) is 3.22. The fourth-order valence-electron chi connectivity index (χ4n) is 2.50. The summed E-state index contributed by atoms with van der Waals surface area (Å²) < 4.78 is 0. The number of hydrogen-bond donors (Lipinski definition) is 2. The molecule has 0 aliphatic carbocycles. The van der Waals surface area contributed by atoms with Crippen LogP contribution >= 0.6 is 0 Å². The van der Waals surface area contributed by atoms with Crippen LogP contribution in [0.1, 0.15) is 24.0 Å². The molecule has 3 rings (SSSR count). The van der Waals surface area contributed by atoms with Crippen LogP contribution in [0, 0.1) is 13.8 Å². The second-order valence-electron chi connectivity index (χ2n) is 4.29. The van der Waals surface area contributed by atoms with Crippen molar-refractivity contribution in [2.75, 3.05) is 0 Å². The van der Waals surface area contributed by atoms with E-state index in [0.717, 1.165) is 28.8 Å². The van der Waals surface area contributed by atoms with Crippen LogP contribution in [0.25, 0.3) is 21.9 Å². The van der Waals surface area contributed by atoms with E-state index in [0.29, 0.717) is 0 Å². The van der Waals surface area contributed by atoms with Gasteiger partial charge in [0.25, 0.3) is 0 Å². The highest BCUT2D eigenvalue weighted by Crippen LogP contribution is 2.28. The Morgan fingerprint density at radius 1 is 1.19 bits per heavy atom. The van der Waals surface area contributed by atoms with Gasteiger partial charge in [-0.25, -0.2) is 4.98 Å². The normalized spacial score (nSPS) is 11.7. The lowest BCUT2D eigenvalue weighted by Crippen LogP contribution is -1.80. The van der Waals surface area contributed by atoms with Crippen molar-refractivity contribution < 1.29 is 0 Å². The number of imidazole rings is 1. The lowest BCUT2D eigenvalue weighted by molar-refractivity contribution is 1.11. The highest BCUT2D eigenvalue weighted by Gasteiger charge is 2.11. The molecule has 0 saturated carbocycles. The highest BCUT2D eigenvalue weighted by molar-refractivity contribution is 6.03. The predicted octanol–water partition coefficient (Wildman–Crippen LogP) is 3.22. The van der Waals surface area contributed by atoms with Crippen molar-refractivity contribution in [2.45, 2.75) is 27.2 Å². The molecule has 1 aromatic carbocycles. The predicted molar refractivity (Wildman–Crippen MR) is 66.8 cm³/mol.